The zero-order chi connectivity index (χ0) is 13.0. The van der Waals surface area contributed by atoms with Gasteiger partial charge in [0.25, 0.3) is 0 Å². The van der Waals surface area contributed by atoms with Crippen LogP contribution < -0.4 is 10.6 Å². The number of anilines is 1. The van der Waals surface area contributed by atoms with E-state index in [4.69, 9.17) is 0 Å². The van der Waals surface area contributed by atoms with E-state index in [1.165, 1.54) is 12.0 Å². The number of aryl methyl sites for hydroxylation is 2. The molecule has 1 amide bonds. The molecule has 0 saturated carbocycles. The summed E-state index contributed by atoms with van der Waals surface area (Å²) < 4.78 is 0. The second kappa shape index (κ2) is 6.01. The number of hydrogen-bond donors (Lipinski definition) is 2. The SMILES string of the molecule is CCc1cccc(C)c1NC(=O)[C@@H]1CCCCN1. The molecule has 1 fully saturated rings. The van der Waals surface area contributed by atoms with Crippen LogP contribution >= 0.6 is 0 Å². The maximum atomic E-state index is 12.2. The highest BCUT2D eigenvalue weighted by Gasteiger charge is 2.21. The molecule has 0 bridgehead atoms. The molecule has 18 heavy (non-hydrogen) atoms. The number of nitrogens with one attached hydrogen (secondary N) is 2. The molecule has 3 heteroatoms. The van der Waals surface area contributed by atoms with E-state index in [2.05, 4.69) is 23.6 Å². The summed E-state index contributed by atoms with van der Waals surface area (Å²) in [6.07, 6.45) is 4.20. The Labute approximate surface area is 109 Å². The Morgan fingerprint density at radius 1 is 1.44 bits per heavy atom. The molecule has 1 saturated heterocycles. The standard InChI is InChI=1S/C15H22N2O/c1-3-12-8-6-7-11(2)14(12)17-15(18)13-9-4-5-10-16-13/h6-8,13,16H,3-5,9-10H2,1-2H3,(H,17,18)/t13-/m0/s1. The van der Waals surface area contributed by atoms with Crippen molar-refractivity contribution < 1.29 is 4.79 Å². The second-order valence-corrected chi connectivity index (χ2v) is 4.95. The normalized spacial score (nSPS) is 19.6. The third-order valence-corrected chi connectivity index (χ3v) is 3.61. The van der Waals surface area contributed by atoms with E-state index in [-0.39, 0.29) is 11.9 Å². The minimum absolute atomic E-state index is 0.0249. The van der Waals surface area contributed by atoms with Crippen LogP contribution in [0.2, 0.25) is 0 Å². The van der Waals surface area contributed by atoms with E-state index in [9.17, 15) is 4.79 Å². The third kappa shape index (κ3) is 2.91. The zero-order valence-corrected chi connectivity index (χ0v) is 11.3. The van der Waals surface area contributed by atoms with Crippen LogP contribution in [-0.2, 0) is 11.2 Å². The Morgan fingerprint density at radius 3 is 2.94 bits per heavy atom. The van der Waals surface area contributed by atoms with Gasteiger partial charge >= 0.3 is 0 Å². The van der Waals surface area contributed by atoms with Gasteiger partial charge in [-0.15, -0.1) is 0 Å². The van der Waals surface area contributed by atoms with Crippen molar-refractivity contribution >= 4 is 11.6 Å². The number of para-hydroxylation sites is 1. The van der Waals surface area contributed by atoms with Crippen LogP contribution in [-0.4, -0.2) is 18.5 Å². The van der Waals surface area contributed by atoms with Gasteiger partial charge in [-0.25, -0.2) is 0 Å². The molecule has 1 aromatic rings. The maximum Gasteiger partial charge on any atom is 0.241 e. The summed E-state index contributed by atoms with van der Waals surface area (Å²) in [5.74, 6) is 0.110. The summed E-state index contributed by atoms with van der Waals surface area (Å²) in [5.41, 5.74) is 3.34. The average Bonchev–Trinajstić information content (AvgIpc) is 2.42. The van der Waals surface area contributed by atoms with Crippen molar-refractivity contribution in [3.05, 3.63) is 29.3 Å². The molecular weight excluding hydrogens is 224 g/mol. The summed E-state index contributed by atoms with van der Waals surface area (Å²) in [7, 11) is 0. The Hall–Kier alpha value is -1.35. The molecule has 0 spiro atoms. The van der Waals surface area contributed by atoms with Crippen LogP contribution in [0.5, 0.6) is 0 Å². The average molecular weight is 246 g/mol. The molecular formula is C15H22N2O. The first-order valence-electron chi connectivity index (χ1n) is 6.85. The van der Waals surface area contributed by atoms with Crippen molar-refractivity contribution in [2.45, 2.75) is 45.6 Å². The molecule has 3 nitrogen and oxygen atoms in total. The van der Waals surface area contributed by atoms with Crippen LogP contribution in [0.3, 0.4) is 0 Å². The lowest BCUT2D eigenvalue weighted by Gasteiger charge is -2.23. The molecule has 0 unspecified atom stereocenters. The summed E-state index contributed by atoms with van der Waals surface area (Å²) in [6, 6.07) is 6.14. The molecule has 1 atom stereocenters. The fraction of sp³-hybridized carbons (Fsp3) is 0.533. The lowest BCUT2D eigenvalue weighted by Crippen LogP contribution is -2.43. The summed E-state index contributed by atoms with van der Waals surface area (Å²) in [4.78, 5) is 12.2. The first-order valence-corrected chi connectivity index (χ1v) is 6.85. The molecule has 2 N–H and O–H groups in total. The Morgan fingerprint density at radius 2 is 2.28 bits per heavy atom. The van der Waals surface area contributed by atoms with Crippen molar-refractivity contribution in [1.29, 1.82) is 0 Å². The lowest BCUT2D eigenvalue weighted by atomic mass is 10.0. The Kier molecular flexibility index (Phi) is 4.37. The lowest BCUT2D eigenvalue weighted by molar-refractivity contribution is -0.118. The summed E-state index contributed by atoms with van der Waals surface area (Å²) >= 11 is 0. The number of rotatable bonds is 3. The van der Waals surface area contributed by atoms with Gasteiger partial charge in [-0.1, -0.05) is 31.5 Å². The quantitative estimate of drug-likeness (QED) is 0.861. The van der Waals surface area contributed by atoms with Gasteiger partial charge in [0.2, 0.25) is 5.91 Å². The third-order valence-electron chi connectivity index (χ3n) is 3.61. The summed E-state index contributed by atoms with van der Waals surface area (Å²) in [6.45, 7) is 5.11. The van der Waals surface area contributed by atoms with Crippen molar-refractivity contribution in [2.24, 2.45) is 0 Å². The van der Waals surface area contributed by atoms with Crippen molar-refractivity contribution in [3.63, 3.8) is 0 Å². The first kappa shape index (κ1) is 13.1. The van der Waals surface area contributed by atoms with Crippen molar-refractivity contribution in [1.82, 2.24) is 5.32 Å². The fourth-order valence-corrected chi connectivity index (χ4v) is 2.49. The fourth-order valence-electron chi connectivity index (χ4n) is 2.49. The molecule has 0 aromatic heterocycles. The van der Waals surface area contributed by atoms with Gasteiger partial charge in [-0.3, -0.25) is 4.79 Å². The highest BCUT2D eigenvalue weighted by molar-refractivity contribution is 5.96. The number of hydrogen-bond acceptors (Lipinski definition) is 2. The molecule has 98 valence electrons. The monoisotopic (exact) mass is 246 g/mol. The van der Waals surface area contributed by atoms with Gasteiger partial charge in [0.1, 0.15) is 0 Å². The van der Waals surface area contributed by atoms with E-state index >= 15 is 0 Å². The number of piperidine rings is 1. The van der Waals surface area contributed by atoms with Gasteiger partial charge in [-0.2, -0.15) is 0 Å². The van der Waals surface area contributed by atoms with E-state index in [0.29, 0.717) is 0 Å². The molecule has 1 aliphatic rings. The number of carbonyl (C=O) groups is 1. The van der Waals surface area contributed by atoms with Crippen LogP contribution in [0, 0.1) is 6.92 Å². The van der Waals surface area contributed by atoms with Crippen LogP contribution in [0.4, 0.5) is 5.69 Å². The van der Waals surface area contributed by atoms with Crippen molar-refractivity contribution in [2.75, 3.05) is 11.9 Å². The zero-order valence-electron chi connectivity index (χ0n) is 11.3. The molecule has 0 aliphatic carbocycles. The number of carbonyl (C=O) groups excluding carboxylic acids is 1. The molecule has 2 rings (SSSR count). The topological polar surface area (TPSA) is 41.1 Å². The van der Waals surface area contributed by atoms with Gasteiger partial charge in [0.15, 0.2) is 0 Å². The smallest absolute Gasteiger partial charge is 0.241 e. The predicted octanol–water partition coefficient (Wildman–Crippen LogP) is 2.64. The van der Waals surface area contributed by atoms with Gasteiger partial charge < -0.3 is 10.6 Å². The van der Waals surface area contributed by atoms with Gasteiger partial charge in [-0.05, 0) is 43.9 Å². The Bertz CT molecular complexity index is 423. The minimum Gasteiger partial charge on any atom is -0.324 e. The molecule has 1 aromatic carbocycles. The van der Waals surface area contributed by atoms with E-state index in [0.717, 1.165) is 37.1 Å². The first-order chi connectivity index (χ1) is 8.72. The van der Waals surface area contributed by atoms with E-state index in [1.54, 1.807) is 0 Å². The highest BCUT2D eigenvalue weighted by Crippen LogP contribution is 2.21. The predicted molar refractivity (Wildman–Crippen MR) is 74.8 cm³/mol. The number of amides is 1. The second-order valence-electron chi connectivity index (χ2n) is 4.95. The van der Waals surface area contributed by atoms with Crippen LogP contribution in [0.1, 0.15) is 37.3 Å². The molecule has 1 aliphatic heterocycles. The van der Waals surface area contributed by atoms with Crippen LogP contribution in [0.25, 0.3) is 0 Å². The molecule has 1 heterocycles. The van der Waals surface area contributed by atoms with E-state index in [1.807, 2.05) is 19.1 Å². The summed E-state index contributed by atoms with van der Waals surface area (Å²) in [5, 5.41) is 6.38. The maximum absolute atomic E-state index is 12.2. The van der Waals surface area contributed by atoms with Gasteiger partial charge in [0, 0.05) is 5.69 Å². The molecule has 0 radical (unpaired) electrons. The van der Waals surface area contributed by atoms with Crippen LogP contribution in [0.15, 0.2) is 18.2 Å². The number of benzene rings is 1. The Balaban J connectivity index is 2.10. The van der Waals surface area contributed by atoms with Crippen molar-refractivity contribution in [3.8, 4) is 0 Å². The van der Waals surface area contributed by atoms with Gasteiger partial charge in [0.05, 0.1) is 6.04 Å². The largest absolute Gasteiger partial charge is 0.324 e. The minimum atomic E-state index is -0.0249. The highest BCUT2D eigenvalue weighted by atomic mass is 16.2. The van der Waals surface area contributed by atoms with E-state index < -0.39 is 0 Å².